The number of hydrogen-bond donors (Lipinski definition) is 2. The van der Waals surface area contributed by atoms with Crippen LogP contribution in [0.15, 0.2) is 42.7 Å². The number of nitrogens with one attached hydrogen (secondary N) is 1. The van der Waals surface area contributed by atoms with E-state index in [0.29, 0.717) is 29.6 Å². The molecule has 178 valence electrons. The summed E-state index contributed by atoms with van der Waals surface area (Å²) in [5.74, 6) is 0.714. The maximum Gasteiger partial charge on any atom is 0.336 e. The van der Waals surface area contributed by atoms with Gasteiger partial charge in [0.1, 0.15) is 5.82 Å². The van der Waals surface area contributed by atoms with Crippen LogP contribution in [-0.4, -0.2) is 37.0 Å². The topological polar surface area (TPSA) is 109 Å². The zero-order chi connectivity index (χ0) is 23.9. The van der Waals surface area contributed by atoms with Crippen LogP contribution >= 0.6 is 0 Å². The first kappa shape index (κ1) is 23.8. The van der Waals surface area contributed by atoms with Gasteiger partial charge in [-0.15, -0.1) is 0 Å². The van der Waals surface area contributed by atoms with Crippen molar-refractivity contribution in [2.45, 2.75) is 64.7 Å². The molecule has 2 heterocycles. The summed E-state index contributed by atoms with van der Waals surface area (Å²) in [4.78, 5) is 33.1. The molecule has 1 aliphatic rings. The Kier molecular flexibility index (Phi) is 7.83. The van der Waals surface area contributed by atoms with Gasteiger partial charge in [-0.05, 0) is 36.0 Å². The first-order chi connectivity index (χ1) is 16.5. The number of H-pyrrole nitrogens is 1. The van der Waals surface area contributed by atoms with Crippen LogP contribution < -0.4 is 0 Å². The Morgan fingerprint density at radius 1 is 1.12 bits per heavy atom. The second-order valence-electron chi connectivity index (χ2n) is 9.30. The third-order valence-electron chi connectivity index (χ3n) is 6.81. The molecule has 4 rings (SSSR count). The number of hydrogen-bond acceptors (Lipinski definition) is 5. The first-order valence-corrected chi connectivity index (χ1v) is 12.3. The van der Waals surface area contributed by atoms with Crippen molar-refractivity contribution in [1.82, 2.24) is 20.2 Å². The van der Waals surface area contributed by atoms with E-state index in [9.17, 15) is 14.7 Å². The Labute approximate surface area is 200 Å². The van der Waals surface area contributed by atoms with E-state index >= 15 is 0 Å². The fourth-order valence-corrected chi connectivity index (χ4v) is 4.95. The molecule has 1 saturated carbocycles. The van der Waals surface area contributed by atoms with Crippen LogP contribution in [-0.2, 0) is 6.42 Å². The molecule has 34 heavy (non-hydrogen) atoms. The standard InChI is InChI=1S/C27H32N4O3/c1-2-3-4-6-18-7-5-8-21(15-18)25(32)26-29-24(30-31-26)16-19-9-11-20(12-10-19)23-17-28-14-13-22(23)27(33)34/h9-14,17-18,21H,2-8,15-16H2,1H3,(H,33,34)(H,29,30,31). The average Bonchev–Trinajstić information content (AvgIpc) is 3.33. The number of carbonyl (C=O) groups excluding carboxylic acids is 1. The van der Waals surface area contributed by atoms with Crippen LogP contribution in [0.25, 0.3) is 11.1 Å². The Hall–Kier alpha value is -3.35. The highest BCUT2D eigenvalue weighted by Crippen LogP contribution is 2.34. The van der Waals surface area contributed by atoms with Gasteiger partial charge in [0.15, 0.2) is 0 Å². The van der Waals surface area contributed by atoms with E-state index in [1.807, 2.05) is 24.3 Å². The molecule has 1 aliphatic carbocycles. The molecule has 0 radical (unpaired) electrons. The quantitative estimate of drug-likeness (QED) is 0.296. The molecule has 7 nitrogen and oxygen atoms in total. The van der Waals surface area contributed by atoms with Crippen molar-refractivity contribution in [1.29, 1.82) is 0 Å². The number of carbonyl (C=O) groups is 2. The van der Waals surface area contributed by atoms with Crippen LogP contribution in [0.5, 0.6) is 0 Å². The Morgan fingerprint density at radius 3 is 2.71 bits per heavy atom. The third kappa shape index (κ3) is 5.76. The van der Waals surface area contributed by atoms with Crippen LogP contribution in [0.1, 0.15) is 90.7 Å². The van der Waals surface area contributed by atoms with Gasteiger partial charge < -0.3 is 5.11 Å². The van der Waals surface area contributed by atoms with Crippen molar-refractivity contribution in [3.63, 3.8) is 0 Å². The largest absolute Gasteiger partial charge is 0.478 e. The smallest absolute Gasteiger partial charge is 0.336 e. The number of carboxylic acid groups (broad SMARTS) is 1. The molecule has 2 unspecified atom stereocenters. The number of benzene rings is 1. The maximum absolute atomic E-state index is 13.0. The number of unbranched alkanes of at least 4 members (excludes halogenated alkanes) is 2. The minimum atomic E-state index is -0.981. The fraction of sp³-hybridized carbons (Fsp3) is 0.444. The monoisotopic (exact) mass is 460 g/mol. The van der Waals surface area contributed by atoms with Gasteiger partial charge in [0.05, 0.1) is 5.56 Å². The molecule has 1 aromatic carbocycles. The number of aromatic amines is 1. The van der Waals surface area contributed by atoms with E-state index in [1.54, 1.807) is 6.20 Å². The lowest BCUT2D eigenvalue weighted by Crippen LogP contribution is -2.24. The molecule has 2 atom stereocenters. The molecule has 2 aromatic heterocycles. The molecule has 0 saturated heterocycles. The van der Waals surface area contributed by atoms with Gasteiger partial charge in [0, 0.05) is 30.3 Å². The average molecular weight is 461 g/mol. The van der Waals surface area contributed by atoms with Crippen molar-refractivity contribution in [2.75, 3.05) is 0 Å². The summed E-state index contributed by atoms with van der Waals surface area (Å²) in [6.45, 7) is 2.22. The summed E-state index contributed by atoms with van der Waals surface area (Å²) < 4.78 is 0. The summed E-state index contributed by atoms with van der Waals surface area (Å²) in [6, 6.07) is 9.11. The highest BCUT2D eigenvalue weighted by molar-refractivity contribution is 5.95. The first-order valence-electron chi connectivity index (χ1n) is 12.3. The second-order valence-corrected chi connectivity index (χ2v) is 9.30. The predicted molar refractivity (Wildman–Crippen MR) is 130 cm³/mol. The van der Waals surface area contributed by atoms with Gasteiger partial charge in [-0.2, -0.15) is 5.10 Å². The Bertz CT molecular complexity index is 1120. The van der Waals surface area contributed by atoms with E-state index < -0.39 is 5.97 Å². The Morgan fingerprint density at radius 2 is 1.94 bits per heavy atom. The fourth-order valence-electron chi connectivity index (χ4n) is 4.95. The molecule has 0 amide bonds. The number of Topliss-reactive ketones (excluding diaryl/α,β-unsaturated/α-hetero) is 1. The molecule has 2 N–H and O–H groups in total. The van der Waals surface area contributed by atoms with Crippen molar-refractivity contribution in [2.24, 2.45) is 11.8 Å². The highest BCUT2D eigenvalue weighted by Gasteiger charge is 2.29. The zero-order valence-corrected chi connectivity index (χ0v) is 19.7. The van der Waals surface area contributed by atoms with E-state index in [4.69, 9.17) is 0 Å². The normalized spacial score (nSPS) is 18.0. The number of aromatic nitrogens is 4. The summed E-state index contributed by atoms with van der Waals surface area (Å²) >= 11 is 0. The zero-order valence-electron chi connectivity index (χ0n) is 19.7. The molecule has 0 spiro atoms. The highest BCUT2D eigenvalue weighted by atomic mass is 16.4. The van der Waals surface area contributed by atoms with Crippen molar-refractivity contribution < 1.29 is 14.7 Å². The number of rotatable bonds is 10. The molecular formula is C27H32N4O3. The SMILES string of the molecule is CCCCCC1CCCC(C(=O)c2n[nH]c(Cc3ccc(-c4cnccc4C(=O)O)cc3)n2)C1. The summed E-state index contributed by atoms with van der Waals surface area (Å²) in [5.41, 5.74) is 2.58. The van der Waals surface area contributed by atoms with Crippen LogP contribution in [0.3, 0.4) is 0 Å². The number of ketones is 1. The lowest BCUT2D eigenvalue weighted by atomic mass is 9.77. The van der Waals surface area contributed by atoms with E-state index in [-0.39, 0.29) is 17.3 Å². The minimum Gasteiger partial charge on any atom is -0.478 e. The van der Waals surface area contributed by atoms with Gasteiger partial charge in [-0.25, -0.2) is 9.78 Å². The van der Waals surface area contributed by atoms with Crippen molar-refractivity contribution >= 4 is 11.8 Å². The molecule has 3 aromatic rings. The minimum absolute atomic E-state index is 0.0335. The molecule has 0 bridgehead atoms. The number of nitrogens with zero attached hydrogens (tertiary/aromatic N) is 3. The van der Waals surface area contributed by atoms with Crippen molar-refractivity contribution in [3.8, 4) is 11.1 Å². The summed E-state index contributed by atoms with van der Waals surface area (Å²) in [7, 11) is 0. The molecule has 7 heteroatoms. The van der Waals surface area contributed by atoms with Gasteiger partial charge in [0.2, 0.25) is 11.6 Å². The van der Waals surface area contributed by atoms with Gasteiger partial charge in [-0.1, -0.05) is 69.7 Å². The van der Waals surface area contributed by atoms with E-state index in [1.165, 1.54) is 44.4 Å². The molecule has 0 aliphatic heterocycles. The predicted octanol–water partition coefficient (Wildman–Crippen LogP) is 5.73. The van der Waals surface area contributed by atoms with Crippen LogP contribution in [0.4, 0.5) is 0 Å². The van der Waals surface area contributed by atoms with Gasteiger partial charge in [-0.3, -0.25) is 14.9 Å². The summed E-state index contributed by atoms with van der Waals surface area (Å²) in [6.07, 6.45) is 12.8. The maximum atomic E-state index is 13.0. The van der Waals surface area contributed by atoms with Crippen LogP contribution in [0.2, 0.25) is 0 Å². The van der Waals surface area contributed by atoms with E-state index in [0.717, 1.165) is 30.4 Å². The number of pyridine rings is 1. The number of carboxylic acids is 1. The second kappa shape index (κ2) is 11.2. The molecule has 1 fully saturated rings. The lowest BCUT2D eigenvalue weighted by molar-refractivity contribution is 0.0697. The van der Waals surface area contributed by atoms with Crippen LogP contribution in [0, 0.1) is 11.8 Å². The molecular weight excluding hydrogens is 428 g/mol. The van der Waals surface area contributed by atoms with Crippen molar-refractivity contribution in [3.05, 3.63) is 65.5 Å². The summed E-state index contributed by atoms with van der Waals surface area (Å²) in [5, 5.41) is 16.6. The third-order valence-corrected chi connectivity index (χ3v) is 6.81. The van der Waals surface area contributed by atoms with Gasteiger partial charge in [0.25, 0.3) is 0 Å². The Balaban J connectivity index is 1.38. The van der Waals surface area contributed by atoms with Gasteiger partial charge >= 0.3 is 5.97 Å². The van der Waals surface area contributed by atoms with E-state index in [2.05, 4.69) is 27.1 Å². The number of aromatic carboxylic acids is 1. The lowest BCUT2D eigenvalue weighted by Gasteiger charge is -2.27.